The average molecular weight is 430 g/mol. The van der Waals surface area contributed by atoms with Gasteiger partial charge in [0.1, 0.15) is 0 Å². The fourth-order valence-corrected chi connectivity index (χ4v) is 3.96. The quantitative estimate of drug-likeness (QED) is 0.749. The predicted molar refractivity (Wildman–Crippen MR) is 110 cm³/mol. The number of piperazine rings is 1. The van der Waals surface area contributed by atoms with Crippen molar-refractivity contribution in [2.45, 2.75) is 19.3 Å². The highest BCUT2D eigenvalue weighted by molar-refractivity contribution is 9.10. The first-order valence-electron chi connectivity index (χ1n) is 9.59. The Morgan fingerprint density at radius 3 is 1.85 bits per heavy atom. The van der Waals surface area contributed by atoms with Crippen molar-refractivity contribution in [3.8, 4) is 0 Å². The monoisotopic (exact) mass is 429 g/mol. The molecule has 0 aliphatic carbocycles. The van der Waals surface area contributed by atoms with E-state index in [1.807, 2.05) is 29.2 Å². The van der Waals surface area contributed by atoms with Gasteiger partial charge in [-0.1, -0.05) is 15.9 Å². The van der Waals surface area contributed by atoms with Gasteiger partial charge in [0.2, 0.25) is 0 Å². The number of piperidine rings is 1. The van der Waals surface area contributed by atoms with Gasteiger partial charge < -0.3 is 14.7 Å². The first-order valence-corrected chi connectivity index (χ1v) is 10.4. The van der Waals surface area contributed by atoms with Crippen LogP contribution in [0.3, 0.4) is 0 Å². The average Bonchev–Trinajstić information content (AvgIpc) is 2.75. The lowest BCUT2D eigenvalue weighted by Crippen LogP contribution is -2.49. The van der Waals surface area contributed by atoms with E-state index < -0.39 is 0 Å². The van der Waals surface area contributed by atoms with E-state index in [1.165, 1.54) is 19.3 Å². The Morgan fingerprint density at radius 1 is 0.741 bits per heavy atom. The van der Waals surface area contributed by atoms with Crippen molar-refractivity contribution < 1.29 is 4.79 Å². The molecule has 3 heterocycles. The van der Waals surface area contributed by atoms with Crippen LogP contribution < -0.4 is 9.80 Å². The second-order valence-electron chi connectivity index (χ2n) is 7.08. The van der Waals surface area contributed by atoms with E-state index in [1.54, 1.807) is 0 Å². The maximum Gasteiger partial charge on any atom is 0.253 e. The Hall–Kier alpha value is -2.15. The summed E-state index contributed by atoms with van der Waals surface area (Å²) in [6.45, 7) is 5.10. The summed E-state index contributed by atoms with van der Waals surface area (Å²) in [5.74, 6) is 1.96. The lowest BCUT2D eigenvalue weighted by atomic mass is 10.1. The highest BCUT2D eigenvalue weighted by atomic mass is 79.9. The van der Waals surface area contributed by atoms with Crippen molar-refractivity contribution in [2.75, 3.05) is 49.1 Å². The largest absolute Gasteiger partial charge is 0.355 e. The van der Waals surface area contributed by atoms with Gasteiger partial charge in [0.15, 0.2) is 11.6 Å². The predicted octanol–water partition coefficient (Wildman–Crippen LogP) is 3.19. The molecule has 7 heteroatoms. The van der Waals surface area contributed by atoms with Gasteiger partial charge in [-0.3, -0.25) is 4.79 Å². The molecule has 2 aliphatic rings. The molecule has 2 fully saturated rings. The number of aromatic nitrogens is 2. The van der Waals surface area contributed by atoms with Crippen LogP contribution in [0.25, 0.3) is 0 Å². The third-order valence-electron chi connectivity index (χ3n) is 5.30. The van der Waals surface area contributed by atoms with Gasteiger partial charge in [-0.25, -0.2) is 0 Å². The molecule has 2 saturated heterocycles. The van der Waals surface area contributed by atoms with Gasteiger partial charge in [0, 0.05) is 49.3 Å². The van der Waals surface area contributed by atoms with Gasteiger partial charge in [-0.15, -0.1) is 10.2 Å². The number of halogens is 1. The Morgan fingerprint density at radius 2 is 1.30 bits per heavy atom. The zero-order valence-corrected chi connectivity index (χ0v) is 16.9. The van der Waals surface area contributed by atoms with E-state index >= 15 is 0 Å². The molecule has 0 bridgehead atoms. The van der Waals surface area contributed by atoms with Crippen molar-refractivity contribution in [1.82, 2.24) is 15.1 Å². The number of anilines is 2. The topological polar surface area (TPSA) is 52.6 Å². The fraction of sp³-hybridized carbons (Fsp3) is 0.450. The molecule has 0 radical (unpaired) electrons. The van der Waals surface area contributed by atoms with Crippen LogP contribution in [0.4, 0.5) is 11.6 Å². The van der Waals surface area contributed by atoms with Crippen molar-refractivity contribution in [3.63, 3.8) is 0 Å². The summed E-state index contributed by atoms with van der Waals surface area (Å²) in [7, 11) is 0. The third kappa shape index (κ3) is 4.24. The molecule has 4 rings (SSSR count). The van der Waals surface area contributed by atoms with Gasteiger partial charge in [0.05, 0.1) is 0 Å². The number of hydrogen-bond acceptors (Lipinski definition) is 5. The number of carbonyl (C=O) groups is 1. The molecule has 0 saturated carbocycles. The highest BCUT2D eigenvalue weighted by Crippen LogP contribution is 2.20. The number of amides is 1. The number of nitrogens with zero attached hydrogens (tertiary/aromatic N) is 5. The minimum absolute atomic E-state index is 0.0914. The van der Waals surface area contributed by atoms with Crippen LogP contribution in [0, 0.1) is 0 Å². The Bertz CT molecular complexity index is 766. The van der Waals surface area contributed by atoms with Gasteiger partial charge in [-0.05, 0) is 55.7 Å². The summed E-state index contributed by atoms with van der Waals surface area (Å²) < 4.78 is 0.982. The van der Waals surface area contributed by atoms with E-state index in [0.29, 0.717) is 13.1 Å². The molecular formula is C20H24BrN5O. The lowest BCUT2D eigenvalue weighted by molar-refractivity contribution is 0.0746. The molecule has 1 aromatic carbocycles. The molecular weight excluding hydrogens is 406 g/mol. The summed E-state index contributed by atoms with van der Waals surface area (Å²) >= 11 is 3.41. The van der Waals surface area contributed by atoms with E-state index in [0.717, 1.165) is 47.9 Å². The maximum atomic E-state index is 12.6. The highest BCUT2D eigenvalue weighted by Gasteiger charge is 2.23. The molecule has 142 valence electrons. The number of benzene rings is 1. The Labute approximate surface area is 168 Å². The van der Waals surface area contributed by atoms with Gasteiger partial charge in [0.25, 0.3) is 5.91 Å². The van der Waals surface area contributed by atoms with E-state index in [4.69, 9.17) is 0 Å². The number of hydrogen-bond donors (Lipinski definition) is 0. The van der Waals surface area contributed by atoms with E-state index in [-0.39, 0.29) is 5.91 Å². The van der Waals surface area contributed by atoms with Gasteiger partial charge >= 0.3 is 0 Å². The second kappa shape index (κ2) is 8.25. The Balaban J connectivity index is 1.34. The second-order valence-corrected chi connectivity index (χ2v) is 8.00. The molecule has 2 aromatic rings. The van der Waals surface area contributed by atoms with Crippen LogP contribution in [0.2, 0.25) is 0 Å². The van der Waals surface area contributed by atoms with Crippen LogP contribution in [0.15, 0.2) is 40.9 Å². The Kier molecular flexibility index (Phi) is 5.57. The standard InChI is InChI=1S/C20H24BrN5O/c21-17-6-4-16(5-7-17)20(27)26-14-12-25(13-15-26)19-9-8-18(22-23-19)24-10-2-1-3-11-24/h4-9H,1-3,10-15H2. The molecule has 6 nitrogen and oxygen atoms in total. The van der Waals surface area contributed by atoms with Crippen LogP contribution in [0.5, 0.6) is 0 Å². The SMILES string of the molecule is O=C(c1ccc(Br)cc1)N1CCN(c2ccc(N3CCCCC3)nn2)CC1. The molecule has 0 unspecified atom stereocenters. The van der Waals surface area contributed by atoms with Crippen LogP contribution in [-0.2, 0) is 0 Å². The number of carbonyl (C=O) groups excluding carboxylic acids is 1. The molecule has 0 N–H and O–H groups in total. The minimum Gasteiger partial charge on any atom is -0.355 e. The van der Waals surface area contributed by atoms with E-state index in [9.17, 15) is 4.79 Å². The maximum absolute atomic E-state index is 12.6. The van der Waals surface area contributed by atoms with Crippen molar-refractivity contribution >= 4 is 33.5 Å². The van der Waals surface area contributed by atoms with E-state index in [2.05, 4.69) is 48.1 Å². The lowest BCUT2D eigenvalue weighted by Gasteiger charge is -2.35. The summed E-state index contributed by atoms with van der Waals surface area (Å²) in [4.78, 5) is 19.1. The first kappa shape index (κ1) is 18.2. The molecule has 2 aliphatic heterocycles. The number of rotatable bonds is 3. The summed E-state index contributed by atoms with van der Waals surface area (Å²) in [6.07, 6.45) is 3.78. The van der Waals surface area contributed by atoms with Crippen LogP contribution in [0.1, 0.15) is 29.6 Å². The molecule has 27 heavy (non-hydrogen) atoms. The zero-order chi connectivity index (χ0) is 18.6. The summed E-state index contributed by atoms with van der Waals surface area (Å²) in [5, 5.41) is 8.88. The minimum atomic E-state index is 0.0914. The summed E-state index contributed by atoms with van der Waals surface area (Å²) in [5.41, 5.74) is 0.734. The fourth-order valence-electron chi connectivity index (χ4n) is 3.69. The third-order valence-corrected chi connectivity index (χ3v) is 5.83. The van der Waals surface area contributed by atoms with Crippen LogP contribution in [-0.4, -0.2) is 60.3 Å². The van der Waals surface area contributed by atoms with Crippen molar-refractivity contribution in [3.05, 3.63) is 46.4 Å². The van der Waals surface area contributed by atoms with Crippen LogP contribution >= 0.6 is 15.9 Å². The first-order chi connectivity index (χ1) is 13.2. The van der Waals surface area contributed by atoms with Crippen molar-refractivity contribution in [1.29, 1.82) is 0 Å². The van der Waals surface area contributed by atoms with Gasteiger partial charge in [-0.2, -0.15) is 0 Å². The molecule has 1 amide bonds. The normalized spacial score (nSPS) is 17.9. The van der Waals surface area contributed by atoms with Crippen molar-refractivity contribution in [2.24, 2.45) is 0 Å². The smallest absolute Gasteiger partial charge is 0.253 e. The molecule has 0 spiro atoms. The molecule has 0 atom stereocenters. The summed E-state index contributed by atoms with van der Waals surface area (Å²) in [6, 6.07) is 11.7. The molecule has 1 aromatic heterocycles. The zero-order valence-electron chi connectivity index (χ0n) is 15.4.